The Labute approximate surface area is 216 Å². The lowest BCUT2D eigenvalue weighted by Gasteiger charge is -2.21. The molecule has 0 saturated heterocycles. The van der Waals surface area contributed by atoms with Gasteiger partial charge >= 0.3 is 0 Å². The number of benzene rings is 3. The van der Waals surface area contributed by atoms with Crippen LogP contribution in [0.1, 0.15) is 51.8 Å². The number of aromatic nitrogens is 2. The number of carbonyl (C=O) groups excluding carboxylic acids is 1. The summed E-state index contributed by atoms with van der Waals surface area (Å²) in [5.74, 6) is 0.726. The molecule has 1 atom stereocenters. The molecule has 0 amide bonds. The van der Waals surface area contributed by atoms with Crippen LogP contribution >= 0.6 is 11.6 Å². The van der Waals surface area contributed by atoms with Crippen molar-refractivity contribution in [2.75, 3.05) is 6.54 Å². The minimum absolute atomic E-state index is 0.0186. The Morgan fingerprint density at radius 1 is 1.08 bits per heavy atom. The molecule has 1 unspecified atom stereocenters. The molecule has 1 heterocycles. The van der Waals surface area contributed by atoms with E-state index >= 15 is 0 Å². The molecule has 1 fully saturated rings. The maximum atomic E-state index is 13.4. The summed E-state index contributed by atoms with van der Waals surface area (Å²) in [7, 11) is 0. The number of hydrogen-bond donors (Lipinski definition) is 1. The van der Waals surface area contributed by atoms with E-state index in [-0.39, 0.29) is 18.2 Å². The van der Waals surface area contributed by atoms with Crippen LogP contribution in [0.3, 0.4) is 0 Å². The summed E-state index contributed by atoms with van der Waals surface area (Å²) >= 11 is 6.14. The largest absolute Gasteiger partial charge is 0.306 e. The van der Waals surface area contributed by atoms with Gasteiger partial charge in [-0.15, -0.1) is 0 Å². The molecule has 1 saturated carbocycles. The van der Waals surface area contributed by atoms with Gasteiger partial charge in [-0.05, 0) is 79.3 Å². The Balaban J connectivity index is 1.41. The quantitative estimate of drug-likeness (QED) is 0.203. The van der Waals surface area contributed by atoms with Crippen LogP contribution in [-0.4, -0.2) is 22.1 Å². The number of ketones is 1. The molecule has 0 spiro atoms. The maximum absolute atomic E-state index is 13.4. The van der Waals surface area contributed by atoms with Crippen molar-refractivity contribution >= 4 is 23.1 Å². The van der Waals surface area contributed by atoms with Crippen LogP contribution in [0.4, 0.5) is 5.69 Å². The summed E-state index contributed by atoms with van der Waals surface area (Å²) in [5.41, 5.74) is 5.72. The number of nitrogens with one attached hydrogen (secondary N) is 1. The molecule has 1 aliphatic rings. The third-order valence-corrected chi connectivity index (χ3v) is 6.73. The van der Waals surface area contributed by atoms with E-state index in [1.807, 2.05) is 49.4 Å². The first kappa shape index (κ1) is 24.0. The Kier molecular flexibility index (Phi) is 6.99. The molecule has 0 radical (unpaired) electrons. The molecule has 5 rings (SSSR count). The van der Waals surface area contributed by atoms with Crippen molar-refractivity contribution in [3.05, 3.63) is 123 Å². The number of nitrogens with zero attached hydrogens (tertiary/aromatic N) is 3. The normalized spacial score (nSPS) is 13.8. The smallest absolute Gasteiger partial charge is 0.189 e. The van der Waals surface area contributed by atoms with Crippen LogP contribution in [0.15, 0.2) is 78.9 Å². The highest BCUT2D eigenvalue weighted by Crippen LogP contribution is 2.31. The molecule has 1 aromatic heterocycles. The molecule has 5 nitrogen and oxygen atoms in total. The number of rotatable bonds is 9. The highest BCUT2D eigenvalue weighted by molar-refractivity contribution is 6.30. The van der Waals surface area contributed by atoms with Crippen molar-refractivity contribution in [1.29, 1.82) is 0 Å². The molecule has 3 aromatic carbocycles. The van der Waals surface area contributed by atoms with Gasteiger partial charge in [-0.2, -0.15) is 5.10 Å². The molecule has 0 bridgehead atoms. The van der Waals surface area contributed by atoms with E-state index in [1.165, 1.54) is 12.8 Å². The van der Waals surface area contributed by atoms with Crippen molar-refractivity contribution in [2.24, 2.45) is 5.92 Å². The monoisotopic (exact) mass is 494 g/mol. The van der Waals surface area contributed by atoms with Crippen molar-refractivity contribution in [1.82, 2.24) is 15.1 Å². The lowest BCUT2D eigenvalue weighted by molar-refractivity contribution is 0.0985. The lowest BCUT2D eigenvalue weighted by Crippen LogP contribution is -2.24. The van der Waals surface area contributed by atoms with E-state index in [9.17, 15) is 4.79 Å². The first-order chi connectivity index (χ1) is 17.5. The molecular formula is C30H27ClN4O. The van der Waals surface area contributed by atoms with Crippen LogP contribution in [-0.2, 0) is 6.42 Å². The highest BCUT2D eigenvalue weighted by Gasteiger charge is 2.24. The van der Waals surface area contributed by atoms with Crippen molar-refractivity contribution in [3.8, 4) is 5.69 Å². The zero-order chi connectivity index (χ0) is 25.1. The average molecular weight is 495 g/mol. The van der Waals surface area contributed by atoms with Gasteiger partial charge in [0.15, 0.2) is 11.5 Å². The molecule has 180 valence electrons. The van der Waals surface area contributed by atoms with E-state index in [1.54, 1.807) is 16.8 Å². The van der Waals surface area contributed by atoms with E-state index < -0.39 is 0 Å². The van der Waals surface area contributed by atoms with E-state index in [0.29, 0.717) is 22.1 Å². The van der Waals surface area contributed by atoms with E-state index in [2.05, 4.69) is 39.5 Å². The summed E-state index contributed by atoms with van der Waals surface area (Å²) in [6.45, 7) is 10.1. The molecule has 36 heavy (non-hydrogen) atoms. The van der Waals surface area contributed by atoms with Gasteiger partial charge in [-0.3, -0.25) is 4.79 Å². The molecular weight excluding hydrogens is 468 g/mol. The summed E-state index contributed by atoms with van der Waals surface area (Å²) < 4.78 is 1.64. The van der Waals surface area contributed by atoms with Gasteiger partial charge in [0, 0.05) is 11.4 Å². The van der Waals surface area contributed by atoms with Gasteiger partial charge in [0.05, 0.1) is 24.0 Å². The van der Waals surface area contributed by atoms with Gasteiger partial charge in [0.2, 0.25) is 0 Å². The summed E-state index contributed by atoms with van der Waals surface area (Å²) in [6.07, 6.45) is 2.82. The minimum Gasteiger partial charge on any atom is -0.306 e. The highest BCUT2D eigenvalue weighted by atomic mass is 35.5. The fourth-order valence-corrected chi connectivity index (χ4v) is 4.56. The molecule has 1 N–H and O–H groups in total. The Morgan fingerprint density at radius 3 is 2.61 bits per heavy atom. The number of aryl methyl sites for hydroxylation is 1. The van der Waals surface area contributed by atoms with Crippen molar-refractivity contribution in [3.63, 3.8) is 0 Å². The summed E-state index contributed by atoms with van der Waals surface area (Å²) in [4.78, 5) is 16.9. The number of carbonyl (C=O) groups is 1. The van der Waals surface area contributed by atoms with Gasteiger partial charge in [-0.25, -0.2) is 9.53 Å². The Morgan fingerprint density at radius 2 is 1.86 bits per heavy atom. The van der Waals surface area contributed by atoms with Crippen LogP contribution < -0.4 is 5.32 Å². The average Bonchev–Trinajstić information content (AvgIpc) is 3.64. The van der Waals surface area contributed by atoms with E-state index in [4.69, 9.17) is 18.2 Å². The van der Waals surface area contributed by atoms with Crippen LogP contribution in [0.2, 0.25) is 5.02 Å². The minimum atomic E-state index is -0.0186. The molecule has 0 aliphatic heterocycles. The number of hydrogen-bond acceptors (Lipinski definition) is 3. The third kappa shape index (κ3) is 5.57. The first-order valence-electron chi connectivity index (χ1n) is 12.2. The standard InChI is InChI=1S/C30H27ClN4O/c1-20-15-28(35(34-20)27-8-4-7-26(18-27)32-2)29(36)17-22-5-3-6-24(16-22)30(33-19-21-9-10-21)23-11-13-25(31)14-12-23/h3-8,11-16,18,21,30,33H,9-10,17,19H2,1H3. The second-order valence-corrected chi connectivity index (χ2v) is 9.83. The van der Waals surface area contributed by atoms with Gasteiger partial charge < -0.3 is 5.32 Å². The SMILES string of the molecule is [C-]#[N+]c1cccc(-n2nc(C)cc2C(=O)Cc2cccc(C(NCC3CC3)c3ccc(Cl)cc3)c2)c1. The zero-order valence-corrected chi connectivity index (χ0v) is 20.9. The van der Waals surface area contributed by atoms with Gasteiger partial charge in [-0.1, -0.05) is 60.1 Å². The van der Waals surface area contributed by atoms with Crippen LogP contribution in [0, 0.1) is 19.4 Å². The van der Waals surface area contributed by atoms with Crippen LogP contribution in [0.25, 0.3) is 10.5 Å². The second-order valence-electron chi connectivity index (χ2n) is 9.40. The Hall–Kier alpha value is -3.72. The fourth-order valence-electron chi connectivity index (χ4n) is 4.44. The lowest BCUT2D eigenvalue weighted by atomic mass is 9.95. The van der Waals surface area contributed by atoms with Gasteiger partial charge in [0.25, 0.3) is 0 Å². The first-order valence-corrected chi connectivity index (χ1v) is 12.5. The predicted octanol–water partition coefficient (Wildman–Crippen LogP) is 6.90. The second kappa shape index (κ2) is 10.5. The fraction of sp³-hybridized carbons (Fsp3) is 0.233. The van der Waals surface area contributed by atoms with Crippen molar-refractivity contribution < 1.29 is 4.79 Å². The topological polar surface area (TPSA) is 51.3 Å². The number of Topliss-reactive ketones (excluding diaryl/α,β-unsaturated/α-hetero) is 1. The Bertz CT molecular complexity index is 1430. The predicted molar refractivity (Wildman–Crippen MR) is 143 cm³/mol. The van der Waals surface area contributed by atoms with E-state index in [0.717, 1.165) is 34.8 Å². The van der Waals surface area contributed by atoms with Crippen molar-refractivity contribution in [2.45, 2.75) is 32.2 Å². The molecule has 4 aromatic rings. The van der Waals surface area contributed by atoms with Crippen LogP contribution in [0.5, 0.6) is 0 Å². The third-order valence-electron chi connectivity index (χ3n) is 6.48. The molecule has 6 heteroatoms. The summed E-state index contributed by atoms with van der Waals surface area (Å²) in [5, 5.41) is 8.97. The molecule has 1 aliphatic carbocycles. The number of halogens is 1. The maximum Gasteiger partial charge on any atom is 0.189 e. The zero-order valence-electron chi connectivity index (χ0n) is 20.1. The van der Waals surface area contributed by atoms with Gasteiger partial charge in [0.1, 0.15) is 5.69 Å². The summed E-state index contributed by atoms with van der Waals surface area (Å²) in [6, 6.07) is 25.2.